The van der Waals surface area contributed by atoms with Crippen LogP contribution in [-0.4, -0.2) is 5.25 Å². The minimum Gasteiger partial charge on any atom is -0.206 e. The second-order valence-electron chi connectivity index (χ2n) is 5.39. The molecular weight excluding hydrogens is 336 g/mol. The Kier molecular flexibility index (Phi) is 4.81. The van der Waals surface area contributed by atoms with Crippen molar-refractivity contribution < 1.29 is 17.6 Å². The molecule has 1 aliphatic heterocycles. The van der Waals surface area contributed by atoms with Gasteiger partial charge in [0.25, 0.3) is 0 Å². The molecule has 1 heterocycles. The van der Waals surface area contributed by atoms with E-state index in [0.29, 0.717) is 0 Å². The molecule has 1 unspecified atom stereocenters. The van der Waals surface area contributed by atoms with Crippen LogP contribution < -0.4 is 0 Å². The Balaban J connectivity index is 2.00. The van der Waals surface area contributed by atoms with Gasteiger partial charge < -0.3 is 0 Å². The predicted molar refractivity (Wildman–Crippen MR) is 91.0 cm³/mol. The SMILES string of the molecule is Fc1c(C=CC2CC=CS2)cccc1-c1ccccc1C(F)(F)F. The Labute approximate surface area is 141 Å². The maximum atomic E-state index is 14.8. The van der Waals surface area contributed by atoms with Crippen molar-refractivity contribution >= 4 is 17.8 Å². The second-order valence-corrected chi connectivity index (χ2v) is 6.54. The molecule has 0 nitrogen and oxygen atoms in total. The van der Waals surface area contributed by atoms with Gasteiger partial charge in [0.2, 0.25) is 0 Å². The molecule has 2 aromatic carbocycles. The molecule has 0 amide bonds. The lowest BCUT2D eigenvalue weighted by molar-refractivity contribution is -0.137. The summed E-state index contributed by atoms with van der Waals surface area (Å²) in [4.78, 5) is 0. The van der Waals surface area contributed by atoms with Gasteiger partial charge in [-0.3, -0.25) is 0 Å². The Bertz CT molecular complexity index is 782. The highest BCUT2D eigenvalue weighted by Crippen LogP contribution is 2.38. The summed E-state index contributed by atoms with van der Waals surface area (Å²) in [7, 11) is 0. The van der Waals surface area contributed by atoms with Crippen LogP contribution in [0, 0.1) is 5.82 Å². The van der Waals surface area contributed by atoms with Crippen LogP contribution in [0.25, 0.3) is 17.2 Å². The molecule has 24 heavy (non-hydrogen) atoms. The Hall–Kier alpha value is -2.01. The Morgan fingerprint density at radius 2 is 1.75 bits per heavy atom. The van der Waals surface area contributed by atoms with Crippen molar-refractivity contribution in [1.82, 2.24) is 0 Å². The zero-order valence-corrected chi connectivity index (χ0v) is 13.4. The average Bonchev–Trinajstić information content (AvgIpc) is 3.06. The molecule has 0 saturated heterocycles. The lowest BCUT2D eigenvalue weighted by Crippen LogP contribution is -2.07. The highest BCUT2D eigenvalue weighted by Gasteiger charge is 2.33. The van der Waals surface area contributed by atoms with Gasteiger partial charge in [0, 0.05) is 16.4 Å². The molecule has 1 aliphatic rings. The standard InChI is InChI=1S/C19H14F4S/c20-18-13(10-11-14-6-4-12-24-14)5-3-8-16(18)15-7-1-2-9-17(15)19(21,22)23/h1-5,7-12,14H,6H2. The molecule has 0 aliphatic carbocycles. The molecular formula is C19H14F4S. The molecule has 0 radical (unpaired) electrons. The summed E-state index contributed by atoms with van der Waals surface area (Å²) in [5.74, 6) is -0.638. The van der Waals surface area contributed by atoms with E-state index in [4.69, 9.17) is 0 Å². The van der Waals surface area contributed by atoms with Crippen LogP contribution in [0.4, 0.5) is 17.6 Å². The number of hydrogen-bond acceptors (Lipinski definition) is 1. The summed E-state index contributed by atoms with van der Waals surface area (Å²) in [6.07, 6.45) is 1.90. The number of rotatable bonds is 3. The first kappa shape index (κ1) is 16.8. The van der Waals surface area contributed by atoms with Crippen LogP contribution >= 0.6 is 11.8 Å². The number of halogens is 4. The molecule has 124 valence electrons. The number of allylic oxidation sites excluding steroid dienone is 1. The van der Waals surface area contributed by atoms with E-state index in [1.165, 1.54) is 24.3 Å². The van der Waals surface area contributed by atoms with Gasteiger partial charge in [-0.1, -0.05) is 54.6 Å². The smallest absolute Gasteiger partial charge is 0.206 e. The first-order chi connectivity index (χ1) is 11.5. The van der Waals surface area contributed by atoms with Crippen LogP contribution in [0.15, 0.2) is 60.0 Å². The van der Waals surface area contributed by atoms with E-state index < -0.39 is 17.6 Å². The zero-order chi connectivity index (χ0) is 17.2. The van der Waals surface area contributed by atoms with Gasteiger partial charge >= 0.3 is 6.18 Å². The quantitative estimate of drug-likeness (QED) is 0.566. The fraction of sp³-hybridized carbons (Fsp3) is 0.158. The number of thioether (sulfide) groups is 1. The molecule has 2 aromatic rings. The lowest BCUT2D eigenvalue weighted by atomic mass is 9.97. The maximum absolute atomic E-state index is 14.8. The fourth-order valence-corrected chi connectivity index (χ4v) is 3.40. The molecule has 0 bridgehead atoms. The monoisotopic (exact) mass is 350 g/mol. The maximum Gasteiger partial charge on any atom is 0.417 e. The topological polar surface area (TPSA) is 0 Å². The molecule has 3 rings (SSSR count). The van der Waals surface area contributed by atoms with Gasteiger partial charge in [-0.2, -0.15) is 13.2 Å². The van der Waals surface area contributed by atoms with Crippen molar-refractivity contribution in [3.05, 3.63) is 77.0 Å². The molecule has 5 heteroatoms. The van der Waals surface area contributed by atoms with Gasteiger partial charge in [0.1, 0.15) is 5.82 Å². The summed E-state index contributed by atoms with van der Waals surface area (Å²) in [6.45, 7) is 0. The predicted octanol–water partition coefficient (Wildman–Crippen LogP) is 6.54. The van der Waals surface area contributed by atoms with E-state index in [1.54, 1.807) is 30.0 Å². The third-order valence-corrected chi connectivity index (χ3v) is 4.81. The third kappa shape index (κ3) is 3.56. The highest BCUT2D eigenvalue weighted by molar-refractivity contribution is 8.03. The van der Waals surface area contributed by atoms with Crippen LogP contribution in [0.5, 0.6) is 0 Å². The van der Waals surface area contributed by atoms with Gasteiger partial charge in [0.05, 0.1) is 5.56 Å². The first-order valence-electron chi connectivity index (χ1n) is 7.40. The van der Waals surface area contributed by atoms with E-state index in [0.717, 1.165) is 12.5 Å². The average molecular weight is 350 g/mol. The van der Waals surface area contributed by atoms with E-state index in [9.17, 15) is 17.6 Å². The third-order valence-electron chi connectivity index (χ3n) is 3.76. The first-order valence-corrected chi connectivity index (χ1v) is 8.35. The number of benzene rings is 2. The molecule has 0 saturated carbocycles. The van der Waals surface area contributed by atoms with Crippen molar-refractivity contribution in [2.45, 2.75) is 17.8 Å². The highest BCUT2D eigenvalue weighted by atomic mass is 32.2. The zero-order valence-electron chi connectivity index (χ0n) is 12.6. The van der Waals surface area contributed by atoms with Crippen molar-refractivity contribution in [2.75, 3.05) is 0 Å². The summed E-state index contributed by atoms with van der Waals surface area (Å²) in [5, 5.41) is 2.23. The summed E-state index contributed by atoms with van der Waals surface area (Å²) >= 11 is 1.64. The largest absolute Gasteiger partial charge is 0.417 e. The summed E-state index contributed by atoms with van der Waals surface area (Å²) in [5.41, 5.74) is -0.727. The van der Waals surface area contributed by atoms with Crippen molar-refractivity contribution in [2.24, 2.45) is 0 Å². The normalized spacial score (nSPS) is 17.8. The Morgan fingerprint density at radius 1 is 1.00 bits per heavy atom. The lowest BCUT2D eigenvalue weighted by Gasteiger charge is -2.14. The van der Waals surface area contributed by atoms with Crippen LogP contribution in [0.2, 0.25) is 0 Å². The van der Waals surface area contributed by atoms with Crippen LogP contribution in [-0.2, 0) is 6.18 Å². The van der Waals surface area contributed by atoms with Crippen molar-refractivity contribution in [3.8, 4) is 11.1 Å². The van der Waals surface area contributed by atoms with E-state index in [2.05, 4.69) is 0 Å². The summed E-state index contributed by atoms with van der Waals surface area (Å²) in [6, 6.07) is 9.57. The van der Waals surface area contributed by atoms with Gasteiger partial charge in [-0.25, -0.2) is 4.39 Å². The van der Waals surface area contributed by atoms with Crippen molar-refractivity contribution in [3.63, 3.8) is 0 Å². The fourth-order valence-electron chi connectivity index (χ4n) is 2.59. The number of hydrogen-bond donors (Lipinski definition) is 0. The Morgan fingerprint density at radius 3 is 2.46 bits per heavy atom. The van der Waals surface area contributed by atoms with Gasteiger partial charge in [0.15, 0.2) is 0 Å². The molecule has 1 atom stereocenters. The van der Waals surface area contributed by atoms with Crippen molar-refractivity contribution in [1.29, 1.82) is 0 Å². The van der Waals surface area contributed by atoms with E-state index >= 15 is 0 Å². The number of alkyl halides is 3. The van der Waals surface area contributed by atoms with Crippen LogP contribution in [0.3, 0.4) is 0 Å². The minimum atomic E-state index is -4.53. The minimum absolute atomic E-state index is 0.0396. The van der Waals surface area contributed by atoms with E-state index in [1.807, 2.05) is 17.6 Å². The molecule has 0 fully saturated rings. The molecule has 0 spiro atoms. The van der Waals surface area contributed by atoms with Gasteiger partial charge in [-0.05, 0) is 23.5 Å². The van der Waals surface area contributed by atoms with Gasteiger partial charge in [-0.15, -0.1) is 11.8 Å². The van der Waals surface area contributed by atoms with Crippen LogP contribution in [0.1, 0.15) is 17.5 Å². The summed E-state index contributed by atoms with van der Waals surface area (Å²) < 4.78 is 54.3. The second kappa shape index (κ2) is 6.85. The molecule has 0 aromatic heterocycles. The van der Waals surface area contributed by atoms with E-state index in [-0.39, 0.29) is 21.9 Å². The molecule has 0 N–H and O–H groups in total.